The Labute approximate surface area is 75.3 Å². The van der Waals surface area contributed by atoms with Crippen LogP contribution in [0.25, 0.3) is 0 Å². The molecule has 2 saturated heterocycles. The van der Waals surface area contributed by atoms with Crippen LogP contribution in [-0.2, 0) is 4.74 Å². The van der Waals surface area contributed by atoms with Gasteiger partial charge in [0, 0.05) is 17.7 Å². The van der Waals surface area contributed by atoms with Crippen LogP contribution >= 0.6 is 0 Å². The van der Waals surface area contributed by atoms with Gasteiger partial charge in [0.2, 0.25) is 0 Å². The van der Waals surface area contributed by atoms with Crippen molar-refractivity contribution in [1.29, 1.82) is 0 Å². The molecule has 0 saturated carbocycles. The summed E-state index contributed by atoms with van der Waals surface area (Å²) < 4.78 is 5.71. The van der Waals surface area contributed by atoms with Gasteiger partial charge in [-0.1, -0.05) is 0 Å². The lowest BCUT2D eigenvalue weighted by Crippen LogP contribution is -2.14. The van der Waals surface area contributed by atoms with Crippen LogP contribution in [0.5, 0.6) is 0 Å². The van der Waals surface area contributed by atoms with E-state index in [1.807, 2.05) is 0 Å². The molecule has 4 nitrogen and oxygen atoms in total. The largest absolute Gasteiger partial charge is 0.374 e. The maximum Gasteiger partial charge on any atom is 0.264 e. The molecule has 3 rings (SSSR count). The van der Waals surface area contributed by atoms with Crippen LogP contribution in [0, 0.1) is 0 Å². The van der Waals surface area contributed by atoms with E-state index in [1.165, 1.54) is 6.42 Å². The Morgan fingerprint density at radius 2 is 2.31 bits per heavy atom. The molecule has 70 valence electrons. The maximum atomic E-state index is 10.9. The van der Waals surface area contributed by atoms with E-state index in [9.17, 15) is 4.79 Å². The molecule has 4 heteroatoms. The van der Waals surface area contributed by atoms with Crippen LogP contribution in [0.2, 0.25) is 0 Å². The van der Waals surface area contributed by atoms with Gasteiger partial charge in [0.15, 0.2) is 0 Å². The molecule has 1 aromatic heterocycles. The quantitative estimate of drug-likeness (QED) is 0.669. The molecule has 2 N–H and O–H groups in total. The topological polar surface area (TPSA) is 57.9 Å². The molecule has 1 aromatic rings. The minimum Gasteiger partial charge on any atom is -0.374 e. The van der Waals surface area contributed by atoms with Gasteiger partial charge >= 0.3 is 0 Å². The first-order valence-corrected chi connectivity index (χ1v) is 4.76. The summed E-state index contributed by atoms with van der Waals surface area (Å²) >= 11 is 0. The standard InChI is InChI=1S/C9H12N2O2/c12-9-4-7(10-11-9)6-3-5-1-2-8(6)13-5/h4-6,8H,1-3H2,(H2,10,11,12). The molecule has 13 heavy (non-hydrogen) atoms. The predicted molar refractivity (Wildman–Crippen MR) is 46.7 cm³/mol. The van der Waals surface area contributed by atoms with E-state index < -0.39 is 0 Å². The Balaban J connectivity index is 1.91. The van der Waals surface area contributed by atoms with Crippen molar-refractivity contribution in [3.05, 3.63) is 22.1 Å². The minimum absolute atomic E-state index is 0.0437. The number of fused-ring (bicyclic) bond motifs is 2. The molecule has 2 bridgehead atoms. The van der Waals surface area contributed by atoms with Crippen LogP contribution in [0.1, 0.15) is 30.9 Å². The van der Waals surface area contributed by atoms with Crippen molar-refractivity contribution in [1.82, 2.24) is 10.2 Å². The second-order valence-electron chi connectivity index (χ2n) is 3.93. The summed E-state index contributed by atoms with van der Waals surface area (Å²) in [6.45, 7) is 0. The van der Waals surface area contributed by atoms with Crippen molar-refractivity contribution in [2.45, 2.75) is 37.4 Å². The van der Waals surface area contributed by atoms with Crippen molar-refractivity contribution >= 4 is 0 Å². The van der Waals surface area contributed by atoms with Gasteiger partial charge in [-0.2, -0.15) is 0 Å². The molecule has 0 radical (unpaired) electrons. The van der Waals surface area contributed by atoms with E-state index in [-0.39, 0.29) is 5.56 Å². The van der Waals surface area contributed by atoms with Gasteiger partial charge in [0.1, 0.15) is 0 Å². The van der Waals surface area contributed by atoms with Crippen molar-refractivity contribution in [2.75, 3.05) is 0 Å². The first-order chi connectivity index (χ1) is 6.33. The molecule has 2 aliphatic heterocycles. The summed E-state index contributed by atoms with van der Waals surface area (Å²) in [6.07, 6.45) is 4.18. The minimum atomic E-state index is -0.0437. The molecular formula is C9H12N2O2. The van der Waals surface area contributed by atoms with E-state index in [1.54, 1.807) is 6.07 Å². The van der Waals surface area contributed by atoms with Crippen LogP contribution in [0.4, 0.5) is 0 Å². The second-order valence-corrected chi connectivity index (χ2v) is 3.93. The number of hydrogen-bond acceptors (Lipinski definition) is 2. The molecular weight excluding hydrogens is 168 g/mol. The van der Waals surface area contributed by atoms with Gasteiger partial charge in [-0.05, 0) is 19.3 Å². The van der Waals surface area contributed by atoms with Crippen molar-refractivity contribution in [3.8, 4) is 0 Å². The molecule has 3 unspecified atom stereocenters. The van der Waals surface area contributed by atoms with Gasteiger partial charge in [0.05, 0.1) is 12.2 Å². The van der Waals surface area contributed by atoms with Crippen LogP contribution in [0.3, 0.4) is 0 Å². The molecule has 0 amide bonds. The molecule has 3 atom stereocenters. The zero-order chi connectivity index (χ0) is 8.84. The number of hydrogen-bond donors (Lipinski definition) is 2. The van der Waals surface area contributed by atoms with Gasteiger partial charge in [-0.25, -0.2) is 0 Å². The van der Waals surface area contributed by atoms with Gasteiger partial charge in [-0.3, -0.25) is 9.89 Å². The molecule has 0 spiro atoms. The fourth-order valence-corrected chi connectivity index (χ4v) is 2.51. The van der Waals surface area contributed by atoms with Crippen molar-refractivity contribution in [2.24, 2.45) is 0 Å². The number of ether oxygens (including phenoxy) is 1. The molecule has 3 heterocycles. The monoisotopic (exact) mass is 180 g/mol. The zero-order valence-electron chi connectivity index (χ0n) is 7.25. The first-order valence-electron chi connectivity index (χ1n) is 4.76. The molecule has 0 aliphatic carbocycles. The normalized spacial score (nSPS) is 37.1. The number of H-pyrrole nitrogens is 2. The summed E-state index contributed by atoms with van der Waals surface area (Å²) in [6, 6.07) is 1.65. The third-order valence-corrected chi connectivity index (χ3v) is 3.12. The van der Waals surface area contributed by atoms with E-state index in [4.69, 9.17) is 4.74 Å². The Bertz CT molecular complexity index is 368. The molecule has 2 aliphatic rings. The van der Waals surface area contributed by atoms with Gasteiger partial charge in [0.25, 0.3) is 5.56 Å². The highest BCUT2D eigenvalue weighted by molar-refractivity contribution is 5.13. The average molecular weight is 180 g/mol. The highest BCUT2D eigenvalue weighted by atomic mass is 16.5. The fourth-order valence-electron chi connectivity index (χ4n) is 2.51. The Morgan fingerprint density at radius 1 is 1.38 bits per heavy atom. The highest BCUT2D eigenvalue weighted by Gasteiger charge is 2.42. The van der Waals surface area contributed by atoms with Crippen molar-refractivity contribution < 1.29 is 4.74 Å². The van der Waals surface area contributed by atoms with E-state index in [0.717, 1.165) is 18.5 Å². The Kier molecular flexibility index (Phi) is 1.41. The summed E-state index contributed by atoms with van der Waals surface area (Å²) in [7, 11) is 0. The fraction of sp³-hybridized carbons (Fsp3) is 0.667. The SMILES string of the molecule is O=c1cc(C2CC3CCC2O3)[nH][nH]1. The second kappa shape index (κ2) is 2.48. The number of rotatable bonds is 1. The van der Waals surface area contributed by atoms with Crippen LogP contribution < -0.4 is 5.56 Å². The number of aromatic nitrogens is 2. The number of nitrogens with one attached hydrogen (secondary N) is 2. The number of aromatic amines is 2. The lowest BCUT2D eigenvalue weighted by molar-refractivity contribution is 0.100. The third-order valence-electron chi connectivity index (χ3n) is 3.12. The molecule has 2 fully saturated rings. The Morgan fingerprint density at radius 3 is 2.85 bits per heavy atom. The van der Waals surface area contributed by atoms with Gasteiger partial charge in [-0.15, -0.1) is 0 Å². The summed E-state index contributed by atoms with van der Waals surface area (Å²) in [5, 5.41) is 5.48. The lowest BCUT2D eigenvalue weighted by Gasteiger charge is -2.16. The van der Waals surface area contributed by atoms with Crippen molar-refractivity contribution in [3.63, 3.8) is 0 Å². The molecule has 0 aromatic carbocycles. The lowest BCUT2D eigenvalue weighted by atomic mass is 9.87. The summed E-state index contributed by atoms with van der Waals surface area (Å²) in [5.41, 5.74) is 0.968. The third kappa shape index (κ3) is 1.05. The average Bonchev–Trinajstić information content (AvgIpc) is 2.77. The summed E-state index contributed by atoms with van der Waals surface area (Å²) in [4.78, 5) is 10.9. The Hall–Kier alpha value is -1.03. The smallest absolute Gasteiger partial charge is 0.264 e. The van der Waals surface area contributed by atoms with Gasteiger partial charge < -0.3 is 9.84 Å². The first kappa shape index (κ1) is 7.38. The van der Waals surface area contributed by atoms with Crippen LogP contribution in [0.15, 0.2) is 10.9 Å². The predicted octanol–water partition coefficient (Wildman–Crippen LogP) is 0.738. The van der Waals surface area contributed by atoms with E-state index >= 15 is 0 Å². The highest BCUT2D eigenvalue weighted by Crippen LogP contribution is 2.43. The summed E-state index contributed by atoms with van der Waals surface area (Å²) in [5.74, 6) is 0.415. The maximum absolute atomic E-state index is 10.9. The van der Waals surface area contributed by atoms with Crippen LogP contribution in [-0.4, -0.2) is 22.4 Å². The van der Waals surface area contributed by atoms with E-state index in [0.29, 0.717) is 18.1 Å². The zero-order valence-corrected chi connectivity index (χ0v) is 7.25. The van der Waals surface area contributed by atoms with E-state index in [2.05, 4.69) is 10.2 Å².